The first-order valence-electron chi connectivity index (χ1n) is 5.47. The van der Waals surface area contributed by atoms with Gasteiger partial charge in [0.15, 0.2) is 0 Å². The van der Waals surface area contributed by atoms with Gasteiger partial charge in [-0.3, -0.25) is 0 Å². The fraction of sp³-hybridized carbons (Fsp3) is 0.143. The summed E-state index contributed by atoms with van der Waals surface area (Å²) in [5.41, 5.74) is 7.05. The van der Waals surface area contributed by atoms with E-state index >= 15 is 0 Å². The summed E-state index contributed by atoms with van der Waals surface area (Å²) in [4.78, 5) is 1.01. The van der Waals surface area contributed by atoms with E-state index in [0.29, 0.717) is 0 Å². The minimum Gasteiger partial charge on any atom is -0.396 e. The summed E-state index contributed by atoms with van der Waals surface area (Å²) in [5.74, 6) is 0.618. The van der Waals surface area contributed by atoms with Crippen LogP contribution in [0.2, 0.25) is 0 Å². The maximum absolute atomic E-state index is 13.0. The van der Waals surface area contributed by atoms with Gasteiger partial charge in [-0.15, -0.1) is 11.8 Å². The van der Waals surface area contributed by atoms with E-state index in [9.17, 15) is 4.39 Å². The minimum atomic E-state index is -0.350. The summed E-state index contributed by atoms with van der Waals surface area (Å²) >= 11 is 1.69. The van der Waals surface area contributed by atoms with Crippen LogP contribution in [0, 0.1) is 5.82 Å². The molecule has 2 aromatic rings. The van der Waals surface area contributed by atoms with E-state index in [2.05, 4.69) is 12.1 Å². The maximum atomic E-state index is 13.0. The third-order valence-electron chi connectivity index (χ3n) is 2.47. The van der Waals surface area contributed by atoms with E-state index in [1.807, 2.05) is 18.2 Å². The zero-order valence-corrected chi connectivity index (χ0v) is 10.2. The number of rotatable bonds is 4. The van der Waals surface area contributed by atoms with E-state index in [-0.39, 0.29) is 11.5 Å². The molecule has 2 rings (SSSR count). The lowest BCUT2D eigenvalue weighted by Crippen LogP contribution is -1.91. The van der Waals surface area contributed by atoms with Crippen LogP contribution < -0.4 is 5.73 Å². The Labute approximate surface area is 105 Å². The van der Waals surface area contributed by atoms with Crippen LogP contribution in [-0.4, -0.2) is 5.75 Å². The van der Waals surface area contributed by atoms with Crippen molar-refractivity contribution in [3.8, 4) is 0 Å². The van der Waals surface area contributed by atoms with Crippen molar-refractivity contribution in [2.45, 2.75) is 11.3 Å². The van der Waals surface area contributed by atoms with Gasteiger partial charge in [0, 0.05) is 10.6 Å². The number of nitrogens with two attached hydrogens (primary N) is 1. The number of benzene rings is 2. The summed E-state index contributed by atoms with van der Waals surface area (Å²) in [6, 6.07) is 15.2. The highest BCUT2D eigenvalue weighted by Crippen LogP contribution is 2.23. The number of aryl methyl sites for hydroxylation is 1. The molecule has 1 nitrogen and oxygen atoms in total. The summed E-state index contributed by atoms with van der Waals surface area (Å²) in [5, 5.41) is 0. The van der Waals surface area contributed by atoms with Crippen molar-refractivity contribution in [1.82, 2.24) is 0 Å². The van der Waals surface area contributed by atoms with Crippen LogP contribution in [0.4, 0.5) is 10.1 Å². The molecule has 0 saturated carbocycles. The standard InChI is InChI=1S/C14H14FNS/c15-13-7-6-12(10-14(13)16)17-9-8-11-4-2-1-3-5-11/h1-7,10H,8-9,16H2. The topological polar surface area (TPSA) is 26.0 Å². The molecule has 0 saturated heterocycles. The van der Waals surface area contributed by atoms with Crippen molar-refractivity contribution in [1.29, 1.82) is 0 Å². The highest BCUT2D eigenvalue weighted by Gasteiger charge is 2.00. The molecule has 0 fully saturated rings. The average molecular weight is 247 g/mol. The zero-order chi connectivity index (χ0) is 12.1. The number of nitrogen functional groups attached to an aromatic ring is 1. The summed E-state index contributed by atoms with van der Waals surface area (Å²) in [6.45, 7) is 0. The molecule has 2 aromatic carbocycles. The highest BCUT2D eigenvalue weighted by molar-refractivity contribution is 7.99. The van der Waals surface area contributed by atoms with E-state index < -0.39 is 0 Å². The fourth-order valence-electron chi connectivity index (χ4n) is 1.54. The molecule has 0 heterocycles. The molecule has 0 spiro atoms. The van der Waals surface area contributed by atoms with Crippen LogP contribution in [0.3, 0.4) is 0 Å². The predicted molar refractivity (Wildman–Crippen MR) is 71.7 cm³/mol. The van der Waals surface area contributed by atoms with Crippen molar-refractivity contribution in [2.75, 3.05) is 11.5 Å². The number of hydrogen-bond donors (Lipinski definition) is 1. The monoisotopic (exact) mass is 247 g/mol. The van der Waals surface area contributed by atoms with Gasteiger partial charge in [-0.1, -0.05) is 30.3 Å². The van der Waals surface area contributed by atoms with Crippen LogP contribution in [0.15, 0.2) is 53.4 Å². The van der Waals surface area contributed by atoms with Crippen molar-refractivity contribution in [3.63, 3.8) is 0 Å². The minimum absolute atomic E-state index is 0.217. The maximum Gasteiger partial charge on any atom is 0.146 e. The molecule has 0 bridgehead atoms. The van der Waals surface area contributed by atoms with E-state index in [1.165, 1.54) is 11.6 Å². The van der Waals surface area contributed by atoms with Gasteiger partial charge in [0.2, 0.25) is 0 Å². The van der Waals surface area contributed by atoms with Gasteiger partial charge in [0.1, 0.15) is 5.82 Å². The van der Waals surface area contributed by atoms with Crippen LogP contribution in [0.25, 0.3) is 0 Å². The Morgan fingerprint density at radius 1 is 1.06 bits per heavy atom. The van der Waals surface area contributed by atoms with Gasteiger partial charge < -0.3 is 5.73 Å². The number of thioether (sulfide) groups is 1. The zero-order valence-electron chi connectivity index (χ0n) is 9.40. The molecule has 0 aliphatic rings. The lowest BCUT2D eigenvalue weighted by atomic mass is 10.2. The predicted octanol–water partition coefficient (Wildman–Crippen LogP) is 3.74. The molecular weight excluding hydrogens is 233 g/mol. The lowest BCUT2D eigenvalue weighted by Gasteiger charge is -2.03. The molecule has 0 radical (unpaired) electrons. The average Bonchev–Trinajstić information content (AvgIpc) is 2.35. The summed E-state index contributed by atoms with van der Waals surface area (Å²) < 4.78 is 13.0. The molecular formula is C14H14FNS. The van der Waals surface area contributed by atoms with Gasteiger partial charge in [0.25, 0.3) is 0 Å². The highest BCUT2D eigenvalue weighted by atomic mass is 32.2. The molecule has 17 heavy (non-hydrogen) atoms. The van der Waals surface area contributed by atoms with E-state index in [1.54, 1.807) is 23.9 Å². The molecule has 2 N–H and O–H groups in total. The molecule has 0 aromatic heterocycles. The van der Waals surface area contributed by atoms with Crippen LogP contribution in [0.1, 0.15) is 5.56 Å². The fourth-order valence-corrected chi connectivity index (χ4v) is 2.49. The normalized spacial score (nSPS) is 10.4. The van der Waals surface area contributed by atoms with Crippen LogP contribution in [-0.2, 0) is 6.42 Å². The van der Waals surface area contributed by atoms with Gasteiger partial charge in [0.05, 0.1) is 5.69 Å². The third-order valence-corrected chi connectivity index (χ3v) is 3.47. The van der Waals surface area contributed by atoms with Crippen molar-refractivity contribution in [2.24, 2.45) is 0 Å². The van der Waals surface area contributed by atoms with E-state index in [4.69, 9.17) is 5.73 Å². The van der Waals surface area contributed by atoms with Gasteiger partial charge in [-0.2, -0.15) is 0 Å². The Kier molecular flexibility index (Phi) is 4.04. The largest absolute Gasteiger partial charge is 0.396 e. The second-order valence-corrected chi connectivity index (χ2v) is 4.94. The summed E-state index contributed by atoms with van der Waals surface area (Å²) in [7, 11) is 0. The molecule has 3 heteroatoms. The molecule has 0 amide bonds. The first-order chi connectivity index (χ1) is 8.25. The lowest BCUT2D eigenvalue weighted by molar-refractivity contribution is 0.631. The number of halogens is 1. The third kappa shape index (κ3) is 3.49. The second kappa shape index (κ2) is 5.73. The van der Waals surface area contributed by atoms with Crippen LogP contribution in [0.5, 0.6) is 0 Å². The Morgan fingerprint density at radius 3 is 2.53 bits per heavy atom. The SMILES string of the molecule is Nc1cc(SCCc2ccccc2)ccc1F. The van der Waals surface area contributed by atoms with Gasteiger partial charge in [-0.25, -0.2) is 4.39 Å². The first-order valence-corrected chi connectivity index (χ1v) is 6.46. The first kappa shape index (κ1) is 12.0. The van der Waals surface area contributed by atoms with Crippen molar-refractivity contribution >= 4 is 17.4 Å². The number of anilines is 1. The Morgan fingerprint density at radius 2 is 1.82 bits per heavy atom. The van der Waals surface area contributed by atoms with Gasteiger partial charge >= 0.3 is 0 Å². The molecule has 0 unspecified atom stereocenters. The van der Waals surface area contributed by atoms with Crippen molar-refractivity contribution in [3.05, 3.63) is 59.9 Å². The molecule has 88 valence electrons. The molecule has 0 aliphatic carbocycles. The quantitative estimate of drug-likeness (QED) is 0.658. The van der Waals surface area contributed by atoms with Crippen LogP contribution >= 0.6 is 11.8 Å². The van der Waals surface area contributed by atoms with E-state index in [0.717, 1.165) is 17.1 Å². The molecule has 0 atom stereocenters. The van der Waals surface area contributed by atoms with Crippen molar-refractivity contribution < 1.29 is 4.39 Å². The smallest absolute Gasteiger partial charge is 0.146 e. The Hall–Kier alpha value is -1.48. The number of hydrogen-bond acceptors (Lipinski definition) is 2. The second-order valence-electron chi connectivity index (χ2n) is 3.77. The Bertz CT molecular complexity index is 485. The molecule has 0 aliphatic heterocycles. The summed E-state index contributed by atoms with van der Waals surface area (Å²) in [6.07, 6.45) is 1.00. The Balaban J connectivity index is 1.88. The van der Waals surface area contributed by atoms with Gasteiger partial charge in [-0.05, 0) is 30.2 Å².